The van der Waals surface area contributed by atoms with E-state index in [1.54, 1.807) is 22.7 Å². The predicted molar refractivity (Wildman–Crippen MR) is 124 cm³/mol. The van der Waals surface area contributed by atoms with Gasteiger partial charge >= 0.3 is 0 Å². The van der Waals surface area contributed by atoms with Gasteiger partial charge in [0.25, 0.3) is 0 Å². The third-order valence-corrected chi connectivity index (χ3v) is 7.01. The molecule has 0 unspecified atom stereocenters. The molecule has 2 aromatic carbocycles. The Labute approximate surface area is 182 Å². The summed E-state index contributed by atoms with van der Waals surface area (Å²) in [5.41, 5.74) is 5.66. The van der Waals surface area contributed by atoms with Gasteiger partial charge in [0.05, 0.1) is 22.3 Å². The number of hydrogen-bond acceptors (Lipinski definition) is 5. The molecule has 0 amide bonds. The summed E-state index contributed by atoms with van der Waals surface area (Å²) in [6.45, 7) is 2.10. The van der Waals surface area contributed by atoms with Crippen molar-refractivity contribution in [2.24, 2.45) is 5.10 Å². The third kappa shape index (κ3) is 3.73. The Hall–Kier alpha value is -2.47. The first-order valence-corrected chi connectivity index (χ1v) is 11.5. The van der Waals surface area contributed by atoms with Crippen molar-refractivity contribution in [1.29, 1.82) is 0 Å². The Balaban J connectivity index is 1.52. The standard InChI is InChI=1S/C23H18ClN3S2/c1-15-4-6-16(7-5-15)20-14-29-23(25-20)27-21(17-8-10-18(24)11-9-17)13-19(26-27)22-3-2-12-28-22/h2-12,14,21H,13H2,1H3/t21-/m1/s1. The van der Waals surface area contributed by atoms with E-state index >= 15 is 0 Å². The molecule has 1 aliphatic rings. The first-order valence-electron chi connectivity index (χ1n) is 9.36. The smallest absolute Gasteiger partial charge is 0.207 e. The number of anilines is 1. The number of benzene rings is 2. The van der Waals surface area contributed by atoms with Crippen molar-refractivity contribution >= 4 is 45.1 Å². The molecule has 144 valence electrons. The summed E-state index contributed by atoms with van der Waals surface area (Å²) in [6.07, 6.45) is 0.849. The zero-order chi connectivity index (χ0) is 19.8. The van der Waals surface area contributed by atoms with Crippen molar-refractivity contribution < 1.29 is 0 Å². The van der Waals surface area contributed by atoms with Crippen LogP contribution in [0.2, 0.25) is 5.02 Å². The molecule has 0 saturated carbocycles. The molecule has 3 nitrogen and oxygen atoms in total. The minimum atomic E-state index is 0.112. The quantitative estimate of drug-likeness (QED) is 0.339. The van der Waals surface area contributed by atoms with Gasteiger partial charge < -0.3 is 0 Å². The molecular weight excluding hydrogens is 418 g/mol. The van der Waals surface area contributed by atoms with Crippen LogP contribution in [0.4, 0.5) is 5.13 Å². The van der Waals surface area contributed by atoms with E-state index in [4.69, 9.17) is 21.7 Å². The number of hydrazone groups is 1. The van der Waals surface area contributed by atoms with E-state index in [1.165, 1.54) is 16.0 Å². The summed E-state index contributed by atoms with van der Waals surface area (Å²) in [5, 5.41) is 12.9. The SMILES string of the molecule is Cc1ccc(-c2csc(N3N=C(c4cccs4)C[C@@H]3c3ccc(Cl)cc3)n2)cc1. The lowest BCUT2D eigenvalue weighted by Crippen LogP contribution is -2.18. The summed E-state index contributed by atoms with van der Waals surface area (Å²) >= 11 is 9.47. The zero-order valence-electron chi connectivity index (χ0n) is 15.7. The summed E-state index contributed by atoms with van der Waals surface area (Å²) in [7, 11) is 0. The van der Waals surface area contributed by atoms with Crippen LogP contribution in [0.5, 0.6) is 0 Å². The van der Waals surface area contributed by atoms with Crippen LogP contribution in [0.1, 0.15) is 28.5 Å². The number of thiazole rings is 1. The predicted octanol–water partition coefficient (Wildman–Crippen LogP) is 7.19. The van der Waals surface area contributed by atoms with E-state index < -0.39 is 0 Å². The molecule has 0 radical (unpaired) electrons. The lowest BCUT2D eigenvalue weighted by Gasteiger charge is -2.21. The Morgan fingerprint density at radius 3 is 2.52 bits per heavy atom. The average Bonchev–Trinajstić information content (AvgIpc) is 3.48. The number of aromatic nitrogens is 1. The van der Waals surface area contributed by atoms with Crippen LogP contribution in [0, 0.1) is 6.92 Å². The van der Waals surface area contributed by atoms with Gasteiger partial charge in [0, 0.05) is 22.4 Å². The fourth-order valence-electron chi connectivity index (χ4n) is 3.45. The van der Waals surface area contributed by atoms with Gasteiger partial charge in [0.15, 0.2) is 0 Å². The fourth-order valence-corrected chi connectivity index (χ4v) is 5.13. The molecule has 3 heterocycles. The number of halogens is 1. The van der Waals surface area contributed by atoms with Gasteiger partial charge in [0.2, 0.25) is 5.13 Å². The van der Waals surface area contributed by atoms with Gasteiger partial charge in [-0.2, -0.15) is 5.10 Å². The number of aryl methyl sites for hydroxylation is 1. The molecule has 0 N–H and O–H groups in total. The van der Waals surface area contributed by atoms with Crippen molar-refractivity contribution in [3.05, 3.63) is 92.5 Å². The highest BCUT2D eigenvalue weighted by Gasteiger charge is 2.32. The summed E-state index contributed by atoms with van der Waals surface area (Å²) in [6, 6.07) is 20.8. The molecule has 0 spiro atoms. The molecule has 1 aliphatic heterocycles. The van der Waals surface area contributed by atoms with Crippen molar-refractivity contribution in [1.82, 2.24) is 4.98 Å². The second-order valence-electron chi connectivity index (χ2n) is 7.02. The second kappa shape index (κ2) is 7.75. The highest BCUT2D eigenvalue weighted by Crippen LogP contribution is 2.40. The highest BCUT2D eigenvalue weighted by atomic mass is 35.5. The van der Waals surface area contributed by atoms with Crippen molar-refractivity contribution in [2.45, 2.75) is 19.4 Å². The maximum absolute atomic E-state index is 6.11. The van der Waals surface area contributed by atoms with Crippen LogP contribution in [0.25, 0.3) is 11.3 Å². The fraction of sp³-hybridized carbons (Fsp3) is 0.130. The molecule has 29 heavy (non-hydrogen) atoms. The number of rotatable bonds is 4. The second-order valence-corrected chi connectivity index (χ2v) is 9.24. The molecule has 5 rings (SSSR count). The molecule has 6 heteroatoms. The van der Waals surface area contributed by atoms with Gasteiger partial charge in [0.1, 0.15) is 0 Å². The monoisotopic (exact) mass is 435 g/mol. The Morgan fingerprint density at radius 1 is 1.00 bits per heavy atom. The number of thiophene rings is 1. The van der Waals surface area contributed by atoms with Crippen molar-refractivity contribution in [2.75, 3.05) is 5.01 Å². The topological polar surface area (TPSA) is 28.5 Å². The van der Waals surface area contributed by atoms with Gasteiger partial charge in [-0.1, -0.05) is 59.6 Å². The van der Waals surface area contributed by atoms with E-state index in [-0.39, 0.29) is 6.04 Å². The largest absolute Gasteiger partial charge is 0.231 e. The Morgan fingerprint density at radius 2 is 1.79 bits per heavy atom. The van der Waals surface area contributed by atoms with Crippen molar-refractivity contribution in [3.8, 4) is 11.3 Å². The lowest BCUT2D eigenvalue weighted by atomic mass is 10.0. The molecule has 1 atom stereocenters. The van der Waals surface area contributed by atoms with Gasteiger partial charge in [-0.25, -0.2) is 9.99 Å². The normalized spacial score (nSPS) is 16.3. The van der Waals surface area contributed by atoms with E-state index in [9.17, 15) is 0 Å². The van der Waals surface area contributed by atoms with Crippen LogP contribution < -0.4 is 5.01 Å². The first-order chi connectivity index (χ1) is 14.2. The maximum Gasteiger partial charge on any atom is 0.207 e. The van der Waals surface area contributed by atoms with Crippen LogP contribution >= 0.6 is 34.3 Å². The lowest BCUT2D eigenvalue weighted by molar-refractivity contribution is 0.706. The van der Waals surface area contributed by atoms with Crippen molar-refractivity contribution in [3.63, 3.8) is 0 Å². The molecule has 2 aromatic heterocycles. The van der Waals surface area contributed by atoms with E-state index in [0.717, 1.165) is 33.5 Å². The molecular formula is C23H18ClN3S2. The zero-order valence-corrected chi connectivity index (χ0v) is 18.1. The van der Waals surface area contributed by atoms with Gasteiger partial charge in [-0.15, -0.1) is 22.7 Å². The highest BCUT2D eigenvalue weighted by molar-refractivity contribution is 7.14. The van der Waals surface area contributed by atoms with Gasteiger partial charge in [-0.05, 0) is 36.1 Å². The minimum absolute atomic E-state index is 0.112. The summed E-state index contributed by atoms with van der Waals surface area (Å²) < 4.78 is 0. The summed E-state index contributed by atoms with van der Waals surface area (Å²) in [4.78, 5) is 6.13. The minimum Gasteiger partial charge on any atom is -0.231 e. The molecule has 4 aromatic rings. The number of nitrogens with zero attached hydrogens (tertiary/aromatic N) is 3. The van der Waals surface area contributed by atoms with Crippen LogP contribution in [-0.4, -0.2) is 10.7 Å². The molecule has 0 bridgehead atoms. The number of hydrogen-bond donors (Lipinski definition) is 0. The Kier molecular flexibility index (Phi) is 4.96. The Bertz CT molecular complexity index is 1150. The third-order valence-electron chi connectivity index (χ3n) is 5.01. The average molecular weight is 436 g/mol. The molecule has 0 aliphatic carbocycles. The van der Waals surface area contributed by atoms with E-state index in [1.807, 2.05) is 12.1 Å². The van der Waals surface area contributed by atoms with E-state index in [2.05, 4.69) is 71.2 Å². The first kappa shape index (κ1) is 18.6. The summed E-state index contributed by atoms with van der Waals surface area (Å²) in [5.74, 6) is 0. The molecule has 0 fully saturated rings. The maximum atomic E-state index is 6.11. The van der Waals surface area contributed by atoms with Gasteiger partial charge in [-0.3, -0.25) is 0 Å². The molecule has 0 saturated heterocycles. The van der Waals surface area contributed by atoms with Crippen LogP contribution in [-0.2, 0) is 0 Å². The van der Waals surface area contributed by atoms with Crippen LogP contribution in [0.15, 0.2) is 76.5 Å². The van der Waals surface area contributed by atoms with E-state index in [0.29, 0.717) is 0 Å². The van der Waals surface area contributed by atoms with Crippen LogP contribution in [0.3, 0.4) is 0 Å².